The third kappa shape index (κ3) is 7.42. The van der Waals surface area contributed by atoms with Crippen molar-refractivity contribution in [2.75, 3.05) is 23.7 Å². The van der Waals surface area contributed by atoms with Crippen molar-refractivity contribution in [3.8, 4) is 0 Å². The first-order chi connectivity index (χ1) is 13.9. The van der Waals surface area contributed by atoms with Crippen molar-refractivity contribution in [2.45, 2.75) is 47.0 Å². The number of para-hydroxylation sites is 1. The SMILES string of the molecule is C=C/C=C(/C)c1c(C)sc(C(N)=O)c1N.CCCCN(CCC)c1ccccc1. The highest BCUT2D eigenvalue weighted by Gasteiger charge is 2.17. The van der Waals surface area contributed by atoms with Gasteiger partial charge in [-0.15, -0.1) is 11.3 Å². The quantitative estimate of drug-likeness (QED) is 0.493. The van der Waals surface area contributed by atoms with Crippen LogP contribution in [0.2, 0.25) is 0 Å². The summed E-state index contributed by atoms with van der Waals surface area (Å²) in [6.45, 7) is 14.3. The standard InChI is InChI=1S/C13H21N.C11H14N2OS/c1-3-5-12-14(11-4-2)13-9-7-6-8-10-13;1-4-5-6(2)8-7(3)15-10(9(8)12)11(13)14/h6-10H,3-5,11-12H2,1-2H3;4-5H,1,12H2,2-3H3,(H2,13,14)/b;6-5-. The molecule has 1 aromatic carbocycles. The molecule has 4 N–H and O–H groups in total. The Morgan fingerprint density at radius 1 is 1.17 bits per heavy atom. The fourth-order valence-corrected chi connectivity index (χ4v) is 4.12. The van der Waals surface area contributed by atoms with Crippen molar-refractivity contribution in [2.24, 2.45) is 5.73 Å². The number of carbonyl (C=O) groups is 1. The average Bonchev–Trinajstić information content (AvgIpc) is 3.01. The minimum absolute atomic E-state index is 0.430. The van der Waals surface area contributed by atoms with Gasteiger partial charge in [-0.25, -0.2) is 0 Å². The fourth-order valence-electron chi connectivity index (χ4n) is 3.12. The molecule has 0 saturated carbocycles. The third-order valence-corrected chi connectivity index (χ3v) is 5.64. The molecule has 0 unspecified atom stereocenters. The van der Waals surface area contributed by atoms with Crippen LogP contribution in [-0.2, 0) is 0 Å². The fraction of sp³-hybridized carbons (Fsp3) is 0.375. The van der Waals surface area contributed by atoms with Gasteiger partial charge in [0.15, 0.2) is 0 Å². The molecule has 1 amide bonds. The van der Waals surface area contributed by atoms with E-state index >= 15 is 0 Å². The van der Waals surface area contributed by atoms with E-state index in [9.17, 15) is 4.79 Å². The summed E-state index contributed by atoms with van der Waals surface area (Å²) in [6.07, 6.45) is 7.33. The molecule has 29 heavy (non-hydrogen) atoms. The monoisotopic (exact) mass is 413 g/mol. The molecular weight excluding hydrogens is 378 g/mol. The largest absolute Gasteiger partial charge is 0.397 e. The van der Waals surface area contributed by atoms with Gasteiger partial charge >= 0.3 is 0 Å². The summed E-state index contributed by atoms with van der Waals surface area (Å²) in [5, 5.41) is 0. The predicted molar refractivity (Wildman–Crippen MR) is 130 cm³/mol. The van der Waals surface area contributed by atoms with E-state index in [0.717, 1.165) is 16.0 Å². The van der Waals surface area contributed by atoms with E-state index in [4.69, 9.17) is 11.5 Å². The number of aryl methyl sites for hydroxylation is 1. The van der Waals surface area contributed by atoms with Crippen LogP contribution in [0.1, 0.15) is 60.1 Å². The number of allylic oxidation sites excluding steroid dienone is 3. The van der Waals surface area contributed by atoms with Gasteiger partial charge in [-0.05, 0) is 44.4 Å². The van der Waals surface area contributed by atoms with Crippen molar-refractivity contribution in [3.05, 3.63) is 64.4 Å². The van der Waals surface area contributed by atoms with Crippen molar-refractivity contribution >= 4 is 34.2 Å². The maximum Gasteiger partial charge on any atom is 0.260 e. The van der Waals surface area contributed by atoms with E-state index in [1.165, 1.54) is 49.4 Å². The van der Waals surface area contributed by atoms with E-state index in [2.05, 4.69) is 55.7 Å². The Morgan fingerprint density at radius 3 is 2.31 bits per heavy atom. The van der Waals surface area contributed by atoms with Crippen LogP contribution >= 0.6 is 11.3 Å². The number of unbranched alkanes of at least 4 members (excludes halogenated alkanes) is 1. The van der Waals surface area contributed by atoms with E-state index < -0.39 is 5.91 Å². The zero-order chi connectivity index (χ0) is 21.8. The first-order valence-electron chi connectivity index (χ1n) is 10.2. The Bertz CT molecular complexity index is 809. The van der Waals surface area contributed by atoms with E-state index in [0.29, 0.717) is 10.6 Å². The van der Waals surface area contributed by atoms with Gasteiger partial charge in [0, 0.05) is 29.2 Å². The number of hydrogen-bond acceptors (Lipinski definition) is 4. The summed E-state index contributed by atoms with van der Waals surface area (Å²) >= 11 is 1.33. The van der Waals surface area contributed by atoms with Crippen LogP contribution in [0.4, 0.5) is 11.4 Å². The minimum Gasteiger partial charge on any atom is -0.397 e. The molecule has 0 spiro atoms. The second-order valence-electron chi connectivity index (χ2n) is 6.90. The number of nitrogens with zero attached hydrogens (tertiary/aromatic N) is 1. The summed E-state index contributed by atoms with van der Waals surface area (Å²) in [5.74, 6) is -0.474. The normalized spacial score (nSPS) is 10.8. The molecule has 158 valence electrons. The number of thiophene rings is 1. The Morgan fingerprint density at radius 2 is 1.83 bits per heavy atom. The summed E-state index contributed by atoms with van der Waals surface area (Å²) in [6, 6.07) is 10.7. The van der Waals surface area contributed by atoms with Crippen LogP contribution in [0.15, 0.2) is 49.1 Å². The number of hydrogen-bond donors (Lipinski definition) is 2. The molecule has 1 aromatic heterocycles. The van der Waals surface area contributed by atoms with Gasteiger partial charge in [-0.1, -0.05) is 57.2 Å². The predicted octanol–water partition coefficient (Wildman–Crippen LogP) is 6.03. The van der Waals surface area contributed by atoms with Crippen molar-refractivity contribution < 1.29 is 4.79 Å². The number of amides is 1. The highest BCUT2D eigenvalue weighted by molar-refractivity contribution is 7.14. The molecular formula is C24H35N3OS. The molecule has 5 heteroatoms. The van der Waals surface area contributed by atoms with Crippen molar-refractivity contribution in [3.63, 3.8) is 0 Å². The summed E-state index contributed by atoms with van der Waals surface area (Å²) in [7, 11) is 0. The Labute approximate surface area is 179 Å². The summed E-state index contributed by atoms with van der Waals surface area (Å²) in [5.41, 5.74) is 14.8. The van der Waals surface area contributed by atoms with Gasteiger partial charge in [0.25, 0.3) is 5.91 Å². The topological polar surface area (TPSA) is 72.3 Å². The first-order valence-corrected chi connectivity index (χ1v) is 11.0. The number of nitrogen functional groups attached to an aromatic ring is 1. The highest BCUT2D eigenvalue weighted by Crippen LogP contribution is 2.35. The van der Waals surface area contributed by atoms with Crippen LogP contribution in [0.5, 0.6) is 0 Å². The molecule has 2 rings (SSSR count). The van der Waals surface area contributed by atoms with Crippen LogP contribution in [0, 0.1) is 6.92 Å². The molecule has 2 aromatic rings. The molecule has 0 atom stereocenters. The Kier molecular flexibility index (Phi) is 10.8. The van der Waals surface area contributed by atoms with Gasteiger partial charge in [-0.2, -0.15) is 0 Å². The number of nitrogens with two attached hydrogens (primary N) is 2. The lowest BCUT2D eigenvalue weighted by Gasteiger charge is -2.24. The Balaban J connectivity index is 0.000000291. The molecule has 0 fully saturated rings. The number of benzene rings is 1. The van der Waals surface area contributed by atoms with Crippen LogP contribution in [0.25, 0.3) is 5.57 Å². The smallest absolute Gasteiger partial charge is 0.260 e. The molecule has 1 heterocycles. The van der Waals surface area contributed by atoms with Crippen LogP contribution < -0.4 is 16.4 Å². The van der Waals surface area contributed by atoms with Gasteiger partial charge in [0.05, 0.1) is 5.69 Å². The maximum atomic E-state index is 11.1. The van der Waals surface area contributed by atoms with Gasteiger partial charge in [-0.3, -0.25) is 4.79 Å². The number of carbonyl (C=O) groups excluding carboxylic acids is 1. The van der Waals surface area contributed by atoms with Crippen molar-refractivity contribution in [1.29, 1.82) is 0 Å². The second kappa shape index (κ2) is 12.8. The zero-order valence-electron chi connectivity index (χ0n) is 18.2. The maximum absolute atomic E-state index is 11.1. The zero-order valence-corrected chi connectivity index (χ0v) is 19.0. The van der Waals surface area contributed by atoms with Crippen molar-refractivity contribution in [1.82, 2.24) is 0 Å². The highest BCUT2D eigenvalue weighted by atomic mass is 32.1. The number of anilines is 2. The second-order valence-corrected chi connectivity index (χ2v) is 8.13. The molecule has 0 aliphatic rings. The van der Waals surface area contributed by atoms with E-state index in [1.807, 2.05) is 19.9 Å². The van der Waals surface area contributed by atoms with Crippen LogP contribution in [-0.4, -0.2) is 19.0 Å². The molecule has 0 aliphatic heterocycles. The minimum atomic E-state index is -0.474. The lowest BCUT2D eigenvalue weighted by Crippen LogP contribution is -2.24. The lowest BCUT2D eigenvalue weighted by atomic mass is 10.1. The van der Waals surface area contributed by atoms with E-state index in [1.54, 1.807) is 6.08 Å². The first kappa shape index (κ1) is 24.5. The van der Waals surface area contributed by atoms with Crippen LogP contribution in [0.3, 0.4) is 0 Å². The average molecular weight is 414 g/mol. The third-order valence-electron chi connectivity index (χ3n) is 4.50. The number of rotatable bonds is 9. The summed E-state index contributed by atoms with van der Waals surface area (Å²) in [4.78, 5) is 15.0. The Hall–Kier alpha value is -2.53. The molecule has 0 radical (unpaired) electrons. The van der Waals surface area contributed by atoms with Gasteiger partial charge in [0.2, 0.25) is 0 Å². The molecule has 0 bridgehead atoms. The summed E-state index contributed by atoms with van der Waals surface area (Å²) < 4.78 is 0. The number of primary amides is 1. The van der Waals surface area contributed by atoms with Gasteiger partial charge < -0.3 is 16.4 Å². The molecule has 0 saturated heterocycles. The lowest BCUT2D eigenvalue weighted by molar-refractivity contribution is 0.100. The molecule has 0 aliphatic carbocycles. The van der Waals surface area contributed by atoms with E-state index in [-0.39, 0.29) is 0 Å². The molecule has 4 nitrogen and oxygen atoms in total. The van der Waals surface area contributed by atoms with Gasteiger partial charge in [0.1, 0.15) is 4.88 Å².